The Kier molecular flexibility index (Phi) is 9.26. The molecule has 3 nitrogen and oxygen atoms in total. The summed E-state index contributed by atoms with van der Waals surface area (Å²) >= 11 is 8.87. The first-order valence-corrected chi connectivity index (χ1v) is 12.8. The van der Waals surface area contributed by atoms with E-state index < -0.39 is 0 Å². The summed E-state index contributed by atoms with van der Waals surface area (Å²) in [5, 5.41) is 11.6. The van der Waals surface area contributed by atoms with E-state index in [-0.39, 0.29) is 10.5 Å². The predicted octanol–water partition coefficient (Wildman–Crippen LogP) is 6.89. The maximum absolute atomic E-state index is 11.3. The van der Waals surface area contributed by atoms with Crippen LogP contribution in [0.4, 0.5) is 0 Å². The lowest BCUT2D eigenvalue weighted by atomic mass is 9.94. The first-order chi connectivity index (χ1) is 16.1. The van der Waals surface area contributed by atoms with Crippen LogP contribution in [-0.2, 0) is 12.8 Å². The van der Waals surface area contributed by atoms with Gasteiger partial charge in [0, 0.05) is 23.3 Å². The van der Waals surface area contributed by atoms with E-state index in [0.29, 0.717) is 31.8 Å². The number of rotatable bonds is 10. The SMILES string of the molecule is Cc1ccc(OCC(C)S)c(Cc2cc(C)cc(Cc3cc(C)ccc3OCC(C)S)c2O)c1. The molecule has 34 heavy (non-hydrogen) atoms. The lowest BCUT2D eigenvalue weighted by Crippen LogP contribution is -2.09. The molecule has 0 fully saturated rings. The Morgan fingerprint density at radius 1 is 0.647 bits per heavy atom. The number of aryl methyl sites for hydroxylation is 3. The monoisotopic (exact) mass is 496 g/mol. The van der Waals surface area contributed by atoms with Gasteiger partial charge in [0.05, 0.1) is 13.2 Å². The molecule has 182 valence electrons. The molecule has 0 saturated heterocycles. The van der Waals surface area contributed by atoms with E-state index in [1.807, 2.05) is 26.0 Å². The zero-order chi connectivity index (χ0) is 24.8. The molecule has 0 saturated carbocycles. The van der Waals surface area contributed by atoms with Gasteiger partial charge in [0.2, 0.25) is 0 Å². The van der Waals surface area contributed by atoms with Crippen molar-refractivity contribution in [3.63, 3.8) is 0 Å². The highest BCUT2D eigenvalue weighted by molar-refractivity contribution is 7.81. The summed E-state index contributed by atoms with van der Waals surface area (Å²) in [4.78, 5) is 0. The minimum Gasteiger partial charge on any atom is -0.507 e. The molecule has 0 bridgehead atoms. The van der Waals surface area contributed by atoms with Crippen molar-refractivity contribution in [3.05, 3.63) is 87.5 Å². The van der Waals surface area contributed by atoms with Crippen LogP contribution < -0.4 is 9.47 Å². The van der Waals surface area contributed by atoms with E-state index in [0.717, 1.165) is 50.4 Å². The van der Waals surface area contributed by atoms with Gasteiger partial charge in [0.1, 0.15) is 17.2 Å². The Hall–Kier alpha value is -2.24. The smallest absolute Gasteiger partial charge is 0.122 e. The molecule has 0 radical (unpaired) electrons. The molecule has 0 heterocycles. The Morgan fingerprint density at radius 3 is 1.41 bits per heavy atom. The van der Waals surface area contributed by atoms with Crippen molar-refractivity contribution < 1.29 is 14.6 Å². The molecule has 0 aromatic heterocycles. The van der Waals surface area contributed by atoms with E-state index >= 15 is 0 Å². The van der Waals surface area contributed by atoms with E-state index in [2.05, 4.69) is 82.4 Å². The molecule has 2 unspecified atom stereocenters. The zero-order valence-corrected chi connectivity index (χ0v) is 22.5. The van der Waals surface area contributed by atoms with Crippen molar-refractivity contribution in [2.24, 2.45) is 0 Å². The van der Waals surface area contributed by atoms with Crippen LogP contribution in [0.3, 0.4) is 0 Å². The lowest BCUT2D eigenvalue weighted by Gasteiger charge is -2.17. The molecular weight excluding hydrogens is 460 g/mol. The molecule has 0 aliphatic carbocycles. The molecule has 0 amide bonds. The van der Waals surface area contributed by atoms with Crippen molar-refractivity contribution in [2.75, 3.05) is 13.2 Å². The van der Waals surface area contributed by atoms with Crippen LogP contribution in [0.25, 0.3) is 0 Å². The van der Waals surface area contributed by atoms with Gasteiger partial charge in [-0.2, -0.15) is 25.3 Å². The average molecular weight is 497 g/mol. The molecule has 0 aliphatic heterocycles. The normalized spacial score (nSPS) is 12.9. The minimum atomic E-state index is 0.143. The van der Waals surface area contributed by atoms with E-state index in [9.17, 15) is 5.11 Å². The summed E-state index contributed by atoms with van der Waals surface area (Å²) in [6, 6.07) is 16.5. The number of phenolic OH excluding ortho intramolecular Hbond substituents is 1. The number of aromatic hydroxyl groups is 1. The highest BCUT2D eigenvalue weighted by atomic mass is 32.1. The van der Waals surface area contributed by atoms with Crippen molar-refractivity contribution in [3.8, 4) is 17.2 Å². The Balaban J connectivity index is 1.93. The van der Waals surface area contributed by atoms with E-state index in [1.54, 1.807) is 0 Å². The standard InChI is InChI=1S/C29H36O3S2/c1-18-6-8-27(31-16-21(4)33)23(10-18)14-25-12-20(3)13-26(29(25)30)15-24-11-19(2)7-9-28(24)32-17-22(5)34/h6-13,21-22,30,33-34H,14-17H2,1-5H3. The molecule has 0 aliphatic rings. The second kappa shape index (κ2) is 11.9. The third-order valence-electron chi connectivity index (χ3n) is 5.57. The van der Waals surface area contributed by atoms with Crippen molar-refractivity contribution in [1.82, 2.24) is 0 Å². The minimum absolute atomic E-state index is 0.143. The van der Waals surface area contributed by atoms with E-state index in [4.69, 9.17) is 9.47 Å². The summed E-state index contributed by atoms with van der Waals surface area (Å²) in [5.41, 5.74) is 7.33. The summed E-state index contributed by atoms with van der Waals surface area (Å²) in [6.07, 6.45) is 1.18. The van der Waals surface area contributed by atoms with Crippen LogP contribution in [0.5, 0.6) is 17.2 Å². The molecule has 3 aromatic rings. The molecule has 5 heteroatoms. The second-order valence-corrected chi connectivity index (χ2v) is 11.1. The van der Waals surface area contributed by atoms with Crippen molar-refractivity contribution in [1.29, 1.82) is 0 Å². The van der Waals surface area contributed by atoms with Crippen LogP contribution in [0.2, 0.25) is 0 Å². The van der Waals surface area contributed by atoms with Crippen LogP contribution in [0.1, 0.15) is 52.8 Å². The molecular formula is C29H36O3S2. The van der Waals surface area contributed by atoms with Gasteiger partial charge in [0.15, 0.2) is 0 Å². The van der Waals surface area contributed by atoms with Gasteiger partial charge in [-0.15, -0.1) is 0 Å². The number of hydrogen-bond acceptors (Lipinski definition) is 5. The fraction of sp³-hybridized carbons (Fsp3) is 0.379. The highest BCUT2D eigenvalue weighted by Gasteiger charge is 2.15. The van der Waals surface area contributed by atoms with Gasteiger partial charge in [-0.1, -0.05) is 66.9 Å². The number of phenols is 1. The summed E-state index contributed by atoms with van der Waals surface area (Å²) in [6.45, 7) is 11.3. The Bertz CT molecular complexity index is 1040. The van der Waals surface area contributed by atoms with Crippen molar-refractivity contribution in [2.45, 2.75) is 58.0 Å². The lowest BCUT2D eigenvalue weighted by molar-refractivity contribution is 0.319. The van der Waals surface area contributed by atoms with Gasteiger partial charge < -0.3 is 14.6 Å². The predicted molar refractivity (Wildman–Crippen MR) is 149 cm³/mol. The molecule has 1 N–H and O–H groups in total. The van der Waals surface area contributed by atoms with E-state index in [1.165, 1.54) is 0 Å². The van der Waals surface area contributed by atoms with Crippen LogP contribution in [0, 0.1) is 20.8 Å². The average Bonchev–Trinajstić information content (AvgIpc) is 2.75. The maximum atomic E-state index is 11.3. The summed E-state index contributed by atoms with van der Waals surface area (Å²) < 4.78 is 12.0. The molecule has 3 rings (SSSR count). The number of hydrogen-bond donors (Lipinski definition) is 3. The second-order valence-electron chi connectivity index (χ2n) is 9.33. The fourth-order valence-corrected chi connectivity index (χ4v) is 4.16. The van der Waals surface area contributed by atoms with Gasteiger partial charge in [-0.25, -0.2) is 0 Å². The number of thiol groups is 2. The first-order valence-electron chi connectivity index (χ1n) is 11.7. The fourth-order valence-electron chi connectivity index (χ4n) is 4.01. The summed E-state index contributed by atoms with van der Waals surface area (Å²) in [5.74, 6) is 2.00. The molecule has 3 aromatic carbocycles. The van der Waals surface area contributed by atoms with Crippen LogP contribution in [-0.4, -0.2) is 28.8 Å². The Labute approximate surface area is 215 Å². The maximum Gasteiger partial charge on any atom is 0.122 e. The topological polar surface area (TPSA) is 38.7 Å². The van der Waals surface area contributed by atoms with Crippen molar-refractivity contribution >= 4 is 25.3 Å². The van der Waals surface area contributed by atoms with Crippen LogP contribution in [0.15, 0.2) is 48.5 Å². The third-order valence-corrected chi connectivity index (χ3v) is 5.86. The number of benzene rings is 3. The zero-order valence-electron chi connectivity index (χ0n) is 20.8. The highest BCUT2D eigenvalue weighted by Crippen LogP contribution is 2.33. The Morgan fingerprint density at radius 2 is 1.03 bits per heavy atom. The number of ether oxygens (including phenoxy) is 2. The summed E-state index contributed by atoms with van der Waals surface area (Å²) in [7, 11) is 0. The van der Waals surface area contributed by atoms with Crippen LogP contribution >= 0.6 is 25.3 Å². The van der Waals surface area contributed by atoms with Gasteiger partial charge in [-0.05, 0) is 55.2 Å². The molecule has 0 spiro atoms. The van der Waals surface area contributed by atoms with Gasteiger partial charge in [0.25, 0.3) is 0 Å². The van der Waals surface area contributed by atoms with Gasteiger partial charge >= 0.3 is 0 Å². The van der Waals surface area contributed by atoms with Gasteiger partial charge in [-0.3, -0.25) is 0 Å². The largest absolute Gasteiger partial charge is 0.507 e. The molecule has 2 atom stereocenters. The third kappa shape index (κ3) is 7.38. The quantitative estimate of drug-likeness (QED) is 0.268. The first kappa shape index (κ1) is 26.4.